The van der Waals surface area contributed by atoms with E-state index in [1.807, 2.05) is 42.5 Å². The standard InChI is InChI=1S/C29H25NO5/c1-33-25-16-14-24(15-17-25)30-28(31)23(18-20-10-12-22(13-11-20)29(32)34-2)19-35-27-9-5-7-21-6-3-4-8-26(21)27/h3-18H,19H2,1-2H3,(H,30,31). The summed E-state index contributed by atoms with van der Waals surface area (Å²) < 4.78 is 16.0. The Balaban J connectivity index is 1.60. The van der Waals surface area contributed by atoms with Crippen LogP contribution in [0.1, 0.15) is 15.9 Å². The van der Waals surface area contributed by atoms with Crippen LogP contribution in [0.25, 0.3) is 16.8 Å². The van der Waals surface area contributed by atoms with Gasteiger partial charge in [0.25, 0.3) is 5.91 Å². The molecule has 0 saturated heterocycles. The third-order valence-corrected chi connectivity index (χ3v) is 5.45. The van der Waals surface area contributed by atoms with Crippen molar-refractivity contribution >= 4 is 34.4 Å². The van der Waals surface area contributed by atoms with Gasteiger partial charge in [-0.2, -0.15) is 0 Å². The molecule has 4 rings (SSSR count). The SMILES string of the molecule is COC(=O)c1ccc(C=C(COc2cccc3ccccc23)C(=O)Nc2ccc(OC)cc2)cc1. The lowest BCUT2D eigenvalue weighted by Gasteiger charge is -2.13. The number of carbonyl (C=O) groups is 2. The van der Waals surface area contributed by atoms with Crippen LogP contribution in [0.15, 0.2) is 96.6 Å². The number of hydrogen-bond acceptors (Lipinski definition) is 5. The molecule has 0 unspecified atom stereocenters. The first kappa shape index (κ1) is 23.6. The first-order valence-corrected chi connectivity index (χ1v) is 11.0. The van der Waals surface area contributed by atoms with Crippen molar-refractivity contribution in [2.24, 2.45) is 0 Å². The summed E-state index contributed by atoms with van der Waals surface area (Å²) in [6.07, 6.45) is 1.74. The smallest absolute Gasteiger partial charge is 0.337 e. The molecule has 4 aromatic rings. The predicted octanol–water partition coefficient (Wildman–Crippen LogP) is 5.74. The Bertz CT molecular complexity index is 1350. The van der Waals surface area contributed by atoms with E-state index in [4.69, 9.17) is 14.2 Å². The largest absolute Gasteiger partial charge is 0.497 e. The summed E-state index contributed by atoms with van der Waals surface area (Å²) in [5.41, 5.74) is 2.23. The summed E-state index contributed by atoms with van der Waals surface area (Å²) in [4.78, 5) is 25.0. The Kier molecular flexibility index (Phi) is 7.43. The van der Waals surface area contributed by atoms with E-state index >= 15 is 0 Å². The normalized spacial score (nSPS) is 11.1. The number of anilines is 1. The van der Waals surface area contributed by atoms with Crippen molar-refractivity contribution in [2.75, 3.05) is 26.1 Å². The second kappa shape index (κ2) is 11.0. The molecular formula is C29H25NO5. The first-order valence-electron chi connectivity index (χ1n) is 11.0. The van der Waals surface area contributed by atoms with Gasteiger partial charge in [-0.3, -0.25) is 4.79 Å². The van der Waals surface area contributed by atoms with Gasteiger partial charge in [0, 0.05) is 11.1 Å². The summed E-state index contributed by atoms with van der Waals surface area (Å²) >= 11 is 0. The van der Waals surface area contributed by atoms with Crippen molar-refractivity contribution in [1.82, 2.24) is 0 Å². The van der Waals surface area contributed by atoms with E-state index in [0.29, 0.717) is 28.3 Å². The lowest BCUT2D eigenvalue weighted by Crippen LogP contribution is -2.19. The summed E-state index contributed by atoms with van der Waals surface area (Å²) in [7, 11) is 2.92. The molecule has 0 fully saturated rings. The maximum atomic E-state index is 13.2. The minimum atomic E-state index is -0.419. The molecule has 1 amide bonds. The lowest BCUT2D eigenvalue weighted by molar-refractivity contribution is -0.113. The van der Waals surface area contributed by atoms with Gasteiger partial charge in [-0.15, -0.1) is 0 Å². The molecule has 35 heavy (non-hydrogen) atoms. The van der Waals surface area contributed by atoms with Crippen LogP contribution in [0, 0.1) is 0 Å². The van der Waals surface area contributed by atoms with Crippen LogP contribution in [0.5, 0.6) is 11.5 Å². The molecule has 1 N–H and O–H groups in total. The minimum Gasteiger partial charge on any atom is -0.497 e. The van der Waals surface area contributed by atoms with Gasteiger partial charge in [-0.1, -0.05) is 48.5 Å². The third kappa shape index (κ3) is 5.86. The summed E-state index contributed by atoms with van der Waals surface area (Å²) in [5, 5.41) is 4.93. The van der Waals surface area contributed by atoms with Crippen LogP contribution in [-0.4, -0.2) is 32.7 Å². The van der Waals surface area contributed by atoms with E-state index in [-0.39, 0.29) is 12.5 Å². The van der Waals surface area contributed by atoms with Gasteiger partial charge in [0.1, 0.15) is 18.1 Å². The van der Waals surface area contributed by atoms with Gasteiger partial charge < -0.3 is 19.5 Å². The molecule has 0 aromatic heterocycles. The van der Waals surface area contributed by atoms with Crippen molar-refractivity contribution in [3.63, 3.8) is 0 Å². The molecule has 176 valence electrons. The molecule has 0 aliphatic rings. The Hall–Kier alpha value is -4.58. The molecule has 0 bridgehead atoms. The Morgan fingerprint density at radius 1 is 0.829 bits per heavy atom. The van der Waals surface area contributed by atoms with E-state index in [1.165, 1.54) is 7.11 Å². The first-order chi connectivity index (χ1) is 17.1. The van der Waals surface area contributed by atoms with E-state index in [9.17, 15) is 9.59 Å². The van der Waals surface area contributed by atoms with Crippen molar-refractivity contribution in [2.45, 2.75) is 0 Å². The zero-order valence-corrected chi connectivity index (χ0v) is 19.5. The maximum absolute atomic E-state index is 13.2. The number of ether oxygens (including phenoxy) is 3. The van der Waals surface area contributed by atoms with Crippen LogP contribution in [0.4, 0.5) is 5.69 Å². The molecule has 6 nitrogen and oxygen atoms in total. The highest BCUT2D eigenvalue weighted by atomic mass is 16.5. The van der Waals surface area contributed by atoms with Crippen LogP contribution >= 0.6 is 0 Å². The number of carbonyl (C=O) groups excluding carboxylic acids is 2. The lowest BCUT2D eigenvalue weighted by atomic mass is 10.1. The number of esters is 1. The number of benzene rings is 4. The molecule has 0 aliphatic heterocycles. The van der Waals surface area contributed by atoms with Gasteiger partial charge in [-0.25, -0.2) is 4.79 Å². The van der Waals surface area contributed by atoms with E-state index in [1.54, 1.807) is 61.7 Å². The van der Waals surface area contributed by atoms with E-state index < -0.39 is 5.97 Å². The highest BCUT2D eigenvalue weighted by Gasteiger charge is 2.13. The molecular weight excluding hydrogens is 442 g/mol. The fourth-order valence-corrected chi connectivity index (χ4v) is 3.57. The van der Waals surface area contributed by atoms with Crippen molar-refractivity contribution in [3.05, 3.63) is 108 Å². The second-order valence-electron chi connectivity index (χ2n) is 7.73. The minimum absolute atomic E-state index is 0.0503. The number of rotatable bonds is 8. The summed E-state index contributed by atoms with van der Waals surface area (Å²) in [6, 6.07) is 27.6. The van der Waals surface area contributed by atoms with Gasteiger partial charge in [0.15, 0.2) is 0 Å². The number of fused-ring (bicyclic) bond motifs is 1. The molecule has 0 atom stereocenters. The van der Waals surface area contributed by atoms with Crippen LogP contribution in [0.3, 0.4) is 0 Å². The fraction of sp³-hybridized carbons (Fsp3) is 0.103. The van der Waals surface area contributed by atoms with Crippen molar-refractivity contribution < 1.29 is 23.8 Å². The fourth-order valence-electron chi connectivity index (χ4n) is 3.57. The van der Waals surface area contributed by atoms with Crippen LogP contribution in [-0.2, 0) is 9.53 Å². The number of nitrogens with one attached hydrogen (secondary N) is 1. The molecule has 6 heteroatoms. The third-order valence-electron chi connectivity index (χ3n) is 5.45. The zero-order chi connectivity index (χ0) is 24.6. The summed E-state index contributed by atoms with van der Waals surface area (Å²) in [5.74, 6) is 0.667. The second-order valence-corrected chi connectivity index (χ2v) is 7.73. The highest BCUT2D eigenvalue weighted by molar-refractivity contribution is 6.07. The number of amides is 1. The zero-order valence-electron chi connectivity index (χ0n) is 19.5. The monoisotopic (exact) mass is 467 g/mol. The topological polar surface area (TPSA) is 73.9 Å². The van der Waals surface area contributed by atoms with Gasteiger partial charge in [-0.05, 0) is 59.5 Å². The molecule has 0 radical (unpaired) electrons. The Morgan fingerprint density at radius 2 is 1.54 bits per heavy atom. The molecule has 0 heterocycles. The van der Waals surface area contributed by atoms with Gasteiger partial charge >= 0.3 is 5.97 Å². The Morgan fingerprint density at radius 3 is 2.26 bits per heavy atom. The molecule has 0 aliphatic carbocycles. The van der Waals surface area contributed by atoms with Crippen LogP contribution < -0.4 is 14.8 Å². The van der Waals surface area contributed by atoms with E-state index in [0.717, 1.165) is 16.3 Å². The average Bonchev–Trinajstić information content (AvgIpc) is 2.91. The summed E-state index contributed by atoms with van der Waals surface area (Å²) in [6.45, 7) is 0.0503. The average molecular weight is 468 g/mol. The number of hydrogen-bond donors (Lipinski definition) is 1. The van der Waals surface area contributed by atoms with Gasteiger partial charge in [0.05, 0.1) is 25.4 Å². The quantitative estimate of drug-likeness (QED) is 0.264. The van der Waals surface area contributed by atoms with Gasteiger partial charge in [0.2, 0.25) is 0 Å². The number of methoxy groups -OCH3 is 2. The highest BCUT2D eigenvalue weighted by Crippen LogP contribution is 2.26. The molecule has 0 saturated carbocycles. The molecule has 4 aromatic carbocycles. The van der Waals surface area contributed by atoms with Crippen molar-refractivity contribution in [1.29, 1.82) is 0 Å². The van der Waals surface area contributed by atoms with E-state index in [2.05, 4.69) is 5.32 Å². The Labute approximate surface area is 203 Å². The maximum Gasteiger partial charge on any atom is 0.337 e. The van der Waals surface area contributed by atoms with Crippen molar-refractivity contribution in [3.8, 4) is 11.5 Å². The van der Waals surface area contributed by atoms with Crippen LogP contribution in [0.2, 0.25) is 0 Å². The molecule has 0 spiro atoms. The predicted molar refractivity (Wildman–Crippen MR) is 137 cm³/mol.